The predicted octanol–water partition coefficient (Wildman–Crippen LogP) is 12.1. The van der Waals surface area contributed by atoms with Gasteiger partial charge in [-0.15, -0.1) is 0 Å². The molecule has 0 fully saturated rings. The van der Waals surface area contributed by atoms with Crippen LogP contribution in [0.1, 0.15) is 25.0 Å². The Hall–Kier alpha value is -5.73. The summed E-state index contributed by atoms with van der Waals surface area (Å²) in [5, 5.41) is 8.81. The molecule has 2 heterocycles. The highest BCUT2D eigenvalue weighted by atomic mass is 16.3. The number of hydrogen-bond acceptors (Lipinski definition) is 2. The molecule has 2 aromatic heterocycles. The van der Waals surface area contributed by atoms with Crippen molar-refractivity contribution < 1.29 is 4.42 Å². The Balaban J connectivity index is 1.18. The number of rotatable bonds is 2. The summed E-state index contributed by atoms with van der Waals surface area (Å²) in [4.78, 5) is 5.38. The maximum absolute atomic E-state index is 6.56. The Bertz CT molecular complexity index is 2680. The molecule has 1 aliphatic rings. The van der Waals surface area contributed by atoms with E-state index in [0.29, 0.717) is 0 Å². The highest BCUT2D eigenvalue weighted by Gasteiger charge is 2.41. The van der Waals surface area contributed by atoms with Gasteiger partial charge < -0.3 is 4.42 Å². The predicted molar refractivity (Wildman–Crippen MR) is 192 cm³/mol. The van der Waals surface area contributed by atoms with E-state index in [-0.39, 0.29) is 5.41 Å². The van der Waals surface area contributed by atoms with Gasteiger partial charge in [0, 0.05) is 27.5 Å². The van der Waals surface area contributed by atoms with Gasteiger partial charge in [-0.25, -0.2) is 4.98 Å². The van der Waals surface area contributed by atoms with Crippen LogP contribution in [0.5, 0.6) is 0 Å². The Morgan fingerprint density at radius 2 is 1.04 bits per heavy atom. The Labute approximate surface area is 266 Å². The maximum atomic E-state index is 6.56. The molecule has 0 atom stereocenters. The number of para-hydroxylation sites is 1. The van der Waals surface area contributed by atoms with E-state index in [1.807, 2.05) is 12.1 Å². The molecule has 216 valence electrons. The third kappa shape index (κ3) is 3.39. The van der Waals surface area contributed by atoms with Crippen molar-refractivity contribution in [2.45, 2.75) is 19.3 Å². The van der Waals surface area contributed by atoms with Gasteiger partial charge in [0.05, 0.1) is 5.69 Å². The number of furan rings is 1. The van der Waals surface area contributed by atoms with Crippen molar-refractivity contribution >= 4 is 54.4 Å². The molecule has 46 heavy (non-hydrogen) atoms. The minimum atomic E-state index is -0.215. The van der Waals surface area contributed by atoms with E-state index in [1.54, 1.807) is 0 Å². The summed E-state index contributed by atoms with van der Waals surface area (Å²) in [6, 6.07) is 50.4. The fourth-order valence-electron chi connectivity index (χ4n) is 8.07. The molecule has 0 aliphatic heterocycles. The van der Waals surface area contributed by atoms with Gasteiger partial charge in [-0.2, -0.15) is 0 Å². The van der Waals surface area contributed by atoms with Gasteiger partial charge >= 0.3 is 0 Å². The zero-order valence-electron chi connectivity index (χ0n) is 25.6. The normalized spacial score (nSPS) is 13.6. The minimum absolute atomic E-state index is 0.215. The first-order valence-corrected chi connectivity index (χ1v) is 16.0. The average molecular weight is 588 g/mol. The molecule has 0 amide bonds. The van der Waals surface area contributed by atoms with Crippen LogP contribution in [0.4, 0.5) is 0 Å². The fourth-order valence-corrected chi connectivity index (χ4v) is 8.07. The van der Waals surface area contributed by atoms with E-state index in [1.165, 1.54) is 65.7 Å². The second-order valence-electron chi connectivity index (χ2n) is 13.1. The summed E-state index contributed by atoms with van der Waals surface area (Å²) in [7, 11) is 0. The van der Waals surface area contributed by atoms with Crippen molar-refractivity contribution in [3.63, 3.8) is 0 Å². The highest BCUT2D eigenvalue weighted by molar-refractivity contribution is 6.25. The standard InChI is InChI=1S/C44H29NO/c1-44(2)37-17-9-7-15-34(37)39-40(44)43-42(35-16-8-10-18-38(35)46-43)45-41(39)27-21-19-26(20-22-27)28-23-24-33-31-13-4-3-11-29(31)30-12-5-6-14-32(30)36(33)25-28/h3-25H,1-2H3. The van der Waals surface area contributed by atoms with E-state index in [4.69, 9.17) is 9.40 Å². The SMILES string of the molecule is CC1(C)c2ccccc2-c2c(-c3ccc(-c4ccc5c6ccccc6c6ccccc6c5c4)cc3)nc3c(oc4ccccc43)c21. The molecule has 7 aromatic carbocycles. The summed E-state index contributed by atoms with van der Waals surface area (Å²) in [5.41, 5.74) is 12.0. The van der Waals surface area contributed by atoms with Gasteiger partial charge in [0.25, 0.3) is 0 Å². The third-order valence-corrected chi connectivity index (χ3v) is 10.2. The molecule has 0 radical (unpaired) electrons. The minimum Gasteiger partial charge on any atom is -0.454 e. The molecule has 0 N–H and O–H groups in total. The van der Waals surface area contributed by atoms with E-state index in [9.17, 15) is 0 Å². The summed E-state index contributed by atoms with van der Waals surface area (Å²) < 4.78 is 6.56. The van der Waals surface area contributed by atoms with Gasteiger partial charge in [0.1, 0.15) is 11.1 Å². The molecule has 10 rings (SSSR count). The topological polar surface area (TPSA) is 26.0 Å². The maximum Gasteiger partial charge on any atom is 0.158 e. The van der Waals surface area contributed by atoms with Gasteiger partial charge in [-0.05, 0) is 72.8 Å². The molecule has 0 unspecified atom stereocenters. The van der Waals surface area contributed by atoms with Crippen LogP contribution in [-0.2, 0) is 5.41 Å². The molecule has 2 nitrogen and oxygen atoms in total. The number of hydrogen-bond donors (Lipinski definition) is 0. The first kappa shape index (κ1) is 25.6. The first-order valence-electron chi connectivity index (χ1n) is 16.0. The Morgan fingerprint density at radius 1 is 0.500 bits per heavy atom. The summed E-state index contributed by atoms with van der Waals surface area (Å²) in [5.74, 6) is 0. The molecule has 0 saturated carbocycles. The van der Waals surface area contributed by atoms with Crippen LogP contribution in [0.2, 0.25) is 0 Å². The van der Waals surface area contributed by atoms with Crippen molar-refractivity contribution in [3.8, 4) is 33.5 Å². The lowest BCUT2D eigenvalue weighted by Crippen LogP contribution is -2.15. The molecular formula is C44H29NO. The summed E-state index contributed by atoms with van der Waals surface area (Å²) >= 11 is 0. The molecule has 2 heteroatoms. The number of nitrogens with zero attached hydrogens (tertiary/aromatic N) is 1. The molecule has 9 aromatic rings. The fraction of sp³-hybridized carbons (Fsp3) is 0.0682. The lowest BCUT2D eigenvalue weighted by molar-refractivity contribution is 0.619. The second kappa shape index (κ2) is 9.15. The van der Waals surface area contributed by atoms with Gasteiger partial charge in [-0.1, -0.05) is 135 Å². The lowest BCUT2D eigenvalue weighted by atomic mass is 9.82. The van der Waals surface area contributed by atoms with Gasteiger partial charge in [-0.3, -0.25) is 0 Å². The van der Waals surface area contributed by atoms with E-state index in [2.05, 4.69) is 141 Å². The first-order chi connectivity index (χ1) is 22.6. The lowest BCUT2D eigenvalue weighted by Gasteiger charge is -2.21. The molecule has 1 aliphatic carbocycles. The molecular weight excluding hydrogens is 558 g/mol. The number of aromatic nitrogens is 1. The Morgan fingerprint density at radius 3 is 1.76 bits per heavy atom. The van der Waals surface area contributed by atoms with Crippen molar-refractivity contribution in [3.05, 3.63) is 151 Å². The van der Waals surface area contributed by atoms with Crippen molar-refractivity contribution in [2.75, 3.05) is 0 Å². The Kier molecular flexibility index (Phi) is 5.09. The van der Waals surface area contributed by atoms with Crippen LogP contribution in [0.3, 0.4) is 0 Å². The van der Waals surface area contributed by atoms with E-state index >= 15 is 0 Å². The monoisotopic (exact) mass is 587 g/mol. The van der Waals surface area contributed by atoms with Crippen LogP contribution >= 0.6 is 0 Å². The van der Waals surface area contributed by atoms with E-state index in [0.717, 1.165) is 33.3 Å². The largest absolute Gasteiger partial charge is 0.454 e. The smallest absolute Gasteiger partial charge is 0.158 e. The summed E-state index contributed by atoms with van der Waals surface area (Å²) in [6.07, 6.45) is 0. The van der Waals surface area contributed by atoms with Gasteiger partial charge in [0.2, 0.25) is 0 Å². The second-order valence-corrected chi connectivity index (χ2v) is 13.1. The number of fused-ring (bicyclic) bond motifs is 13. The van der Waals surface area contributed by atoms with Gasteiger partial charge in [0.15, 0.2) is 5.58 Å². The van der Waals surface area contributed by atoms with Crippen LogP contribution in [0, 0.1) is 0 Å². The van der Waals surface area contributed by atoms with Crippen LogP contribution in [0.25, 0.3) is 87.9 Å². The zero-order valence-corrected chi connectivity index (χ0v) is 25.6. The molecule has 0 spiro atoms. The van der Waals surface area contributed by atoms with Crippen LogP contribution in [0.15, 0.2) is 144 Å². The number of pyridine rings is 1. The number of benzene rings is 7. The average Bonchev–Trinajstić information content (AvgIpc) is 3.60. The molecule has 0 bridgehead atoms. The molecule has 0 saturated heterocycles. The van der Waals surface area contributed by atoms with E-state index < -0.39 is 0 Å². The van der Waals surface area contributed by atoms with Crippen molar-refractivity contribution in [2.24, 2.45) is 0 Å². The highest BCUT2D eigenvalue weighted by Crippen LogP contribution is 2.55. The quantitative estimate of drug-likeness (QED) is 0.188. The van der Waals surface area contributed by atoms with Crippen molar-refractivity contribution in [1.82, 2.24) is 4.98 Å². The summed E-state index contributed by atoms with van der Waals surface area (Å²) in [6.45, 7) is 4.62. The third-order valence-electron chi connectivity index (χ3n) is 10.2. The van der Waals surface area contributed by atoms with Crippen LogP contribution < -0.4 is 0 Å². The zero-order chi connectivity index (χ0) is 30.6. The van der Waals surface area contributed by atoms with Crippen LogP contribution in [-0.4, -0.2) is 4.98 Å². The van der Waals surface area contributed by atoms with Crippen molar-refractivity contribution in [1.29, 1.82) is 0 Å².